The summed E-state index contributed by atoms with van der Waals surface area (Å²) < 4.78 is 18.4. The first-order chi connectivity index (χ1) is 15.5. The molecule has 4 rings (SSSR count). The molecule has 2 aromatic heterocycles. The van der Waals surface area contributed by atoms with Gasteiger partial charge in [0.25, 0.3) is 5.56 Å². The van der Waals surface area contributed by atoms with Gasteiger partial charge in [-0.05, 0) is 38.1 Å². The number of H-pyrrole nitrogens is 1. The van der Waals surface area contributed by atoms with E-state index in [1.165, 1.54) is 30.1 Å². The smallest absolute Gasteiger partial charge is 0.338 e. The molecular formula is C23H23N3O5S. The fourth-order valence-electron chi connectivity index (χ4n) is 3.79. The van der Waals surface area contributed by atoms with Gasteiger partial charge in [0.05, 0.1) is 36.6 Å². The lowest BCUT2D eigenvalue weighted by molar-refractivity contribution is -0.139. The first-order valence-corrected chi connectivity index (χ1v) is 10.9. The molecule has 1 atom stereocenters. The minimum atomic E-state index is -0.777. The standard InChI is InChI=1S/C23H23N3O5S/c1-5-31-22(28)18-13(2)25-23-26(21(27)17(32-23)12-14-8-7-11-24-14)19(18)15-9-6-10-16(29-3)20(15)30-4/h6-12,19,24H,5H2,1-4H3/b17-12-/t19-/m1/s1. The molecule has 0 radical (unpaired) electrons. The van der Waals surface area contributed by atoms with Crippen LogP contribution >= 0.6 is 11.3 Å². The van der Waals surface area contributed by atoms with Crippen LogP contribution in [0.4, 0.5) is 0 Å². The molecule has 9 heteroatoms. The second-order valence-corrected chi connectivity index (χ2v) is 8.02. The number of thiazole rings is 1. The Hall–Kier alpha value is -3.59. The van der Waals surface area contributed by atoms with Crippen LogP contribution in [0.2, 0.25) is 0 Å². The highest BCUT2D eigenvalue weighted by Crippen LogP contribution is 2.40. The number of nitrogens with one attached hydrogen (secondary N) is 1. The van der Waals surface area contributed by atoms with Gasteiger partial charge in [-0.3, -0.25) is 9.36 Å². The number of fused-ring (bicyclic) bond motifs is 1. The van der Waals surface area contributed by atoms with Gasteiger partial charge < -0.3 is 19.2 Å². The van der Waals surface area contributed by atoms with Crippen molar-refractivity contribution in [3.05, 3.63) is 78.7 Å². The fourth-order valence-corrected chi connectivity index (χ4v) is 4.83. The largest absolute Gasteiger partial charge is 0.493 e. The number of hydrogen-bond donors (Lipinski definition) is 1. The molecule has 1 aliphatic heterocycles. The average molecular weight is 454 g/mol. The summed E-state index contributed by atoms with van der Waals surface area (Å²) in [5, 5.41) is 0. The fraction of sp³-hybridized carbons (Fsp3) is 0.261. The second-order valence-electron chi connectivity index (χ2n) is 7.01. The predicted octanol–water partition coefficient (Wildman–Crippen LogP) is 2.14. The SMILES string of the molecule is CCOC(=O)C1=C(C)N=c2s/c(=C\c3ccc[nH]3)c(=O)n2[C@@H]1c1cccc(OC)c1OC. The van der Waals surface area contributed by atoms with Crippen LogP contribution in [-0.4, -0.2) is 36.3 Å². The minimum Gasteiger partial charge on any atom is -0.493 e. The zero-order valence-electron chi connectivity index (χ0n) is 18.2. The molecule has 32 heavy (non-hydrogen) atoms. The molecule has 0 saturated carbocycles. The van der Waals surface area contributed by atoms with Crippen LogP contribution in [0, 0.1) is 0 Å². The molecule has 1 aliphatic rings. The van der Waals surface area contributed by atoms with Crippen molar-refractivity contribution in [2.75, 3.05) is 20.8 Å². The summed E-state index contributed by atoms with van der Waals surface area (Å²) in [4.78, 5) is 34.7. The summed E-state index contributed by atoms with van der Waals surface area (Å²) in [6.07, 6.45) is 3.56. The van der Waals surface area contributed by atoms with Crippen molar-refractivity contribution < 1.29 is 19.0 Å². The highest BCUT2D eigenvalue weighted by Gasteiger charge is 2.35. The lowest BCUT2D eigenvalue weighted by Crippen LogP contribution is -2.40. The van der Waals surface area contributed by atoms with Crippen LogP contribution in [0.15, 0.2) is 57.6 Å². The van der Waals surface area contributed by atoms with Gasteiger partial charge in [0.1, 0.15) is 6.04 Å². The van der Waals surface area contributed by atoms with Crippen LogP contribution < -0.4 is 24.4 Å². The number of methoxy groups -OCH3 is 2. The molecular weight excluding hydrogens is 430 g/mol. The van der Waals surface area contributed by atoms with E-state index in [1.54, 1.807) is 38.3 Å². The van der Waals surface area contributed by atoms with Crippen molar-refractivity contribution in [3.8, 4) is 11.5 Å². The van der Waals surface area contributed by atoms with Gasteiger partial charge in [0.15, 0.2) is 16.3 Å². The predicted molar refractivity (Wildman–Crippen MR) is 121 cm³/mol. The van der Waals surface area contributed by atoms with Crippen LogP contribution in [0.5, 0.6) is 11.5 Å². The quantitative estimate of drug-likeness (QED) is 0.577. The first kappa shape index (κ1) is 21.6. The van der Waals surface area contributed by atoms with E-state index in [2.05, 4.69) is 9.98 Å². The van der Waals surface area contributed by atoms with E-state index >= 15 is 0 Å². The molecule has 0 fully saturated rings. The molecule has 1 N–H and O–H groups in total. The normalized spacial score (nSPS) is 15.9. The van der Waals surface area contributed by atoms with Crippen molar-refractivity contribution in [1.29, 1.82) is 0 Å². The third kappa shape index (κ3) is 3.64. The Balaban J connectivity index is 2.03. The van der Waals surface area contributed by atoms with E-state index in [0.29, 0.717) is 32.1 Å². The Morgan fingerprint density at radius 1 is 1.25 bits per heavy atom. The molecule has 0 amide bonds. The van der Waals surface area contributed by atoms with E-state index in [-0.39, 0.29) is 17.7 Å². The van der Waals surface area contributed by atoms with Gasteiger partial charge in [0, 0.05) is 17.5 Å². The van der Waals surface area contributed by atoms with Gasteiger partial charge >= 0.3 is 5.97 Å². The Morgan fingerprint density at radius 2 is 2.06 bits per heavy atom. The lowest BCUT2D eigenvalue weighted by atomic mass is 9.94. The molecule has 8 nitrogen and oxygen atoms in total. The Bertz CT molecular complexity index is 1370. The molecule has 0 bridgehead atoms. The number of hydrogen-bond acceptors (Lipinski definition) is 7. The zero-order chi connectivity index (χ0) is 22.8. The van der Waals surface area contributed by atoms with Crippen molar-refractivity contribution in [1.82, 2.24) is 9.55 Å². The number of para-hydroxylation sites is 1. The van der Waals surface area contributed by atoms with E-state index in [0.717, 1.165) is 5.69 Å². The van der Waals surface area contributed by atoms with Gasteiger partial charge in [-0.15, -0.1) is 0 Å². The number of benzene rings is 1. The maximum Gasteiger partial charge on any atom is 0.338 e. The third-order valence-electron chi connectivity index (χ3n) is 5.15. The molecule has 1 aromatic carbocycles. The average Bonchev–Trinajstić information content (AvgIpc) is 3.40. The summed E-state index contributed by atoms with van der Waals surface area (Å²) in [7, 11) is 3.06. The van der Waals surface area contributed by atoms with E-state index < -0.39 is 12.0 Å². The van der Waals surface area contributed by atoms with Crippen molar-refractivity contribution in [3.63, 3.8) is 0 Å². The van der Waals surface area contributed by atoms with Gasteiger partial charge in [0.2, 0.25) is 0 Å². The number of aromatic amines is 1. The molecule has 0 aliphatic carbocycles. The molecule has 3 heterocycles. The number of esters is 1. The van der Waals surface area contributed by atoms with Crippen molar-refractivity contribution >= 4 is 23.4 Å². The second kappa shape index (κ2) is 8.88. The van der Waals surface area contributed by atoms with E-state index in [9.17, 15) is 9.59 Å². The van der Waals surface area contributed by atoms with E-state index in [4.69, 9.17) is 14.2 Å². The van der Waals surface area contributed by atoms with Crippen LogP contribution in [-0.2, 0) is 9.53 Å². The first-order valence-electron chi connectivity index (χ1n) is 10.0. The zero-order valence-corrected chi connectivity index (χ0v) is 19.0. The van der Waals surface area contributed by atoms with Crippen LogP contribution in [0.3, 0.4) is 0 Å². The Morgan fingerprint density at radius 3 is 2.72 bits per heavy atom. The number of ether oxygens (including phenoxy) is 3. The molecule has 166 valence electrons. The number of aromatic nitrogens is 2. The molecule has 0 unspecified atom stereocenters. The van der Waals surface area contributed by atoms with Gasteiger partial charge in [-0.25, -0.2) is 9.79 Å². The summed E-state index contributed by atoms with van der Waals surface area (Å²) in [5.74, 6) is 0.411. The van der Waals surface area contributed by atoms with Gasteiger partial charge in [-0.2, -0.15) is 0 Å². The highest BCUT2D eigenvalue weighted by molar-refractivity contribution is 7.07. The van der Waals surface area contributed by atoms with Crippen molar-refractivity contribution in [2.45, 2.75) is 19.9 Å². The monoisotopic (exact) mass is 453 g/mol. The number of rotatable bonds is 6. The third-order valence-corrected chi connectivity index (χ3v) is 6.14. The summed E-state index contributed by atoms with van der Waals surface area (Å²) in [6, 6.07) is 8.32. The van der Waals surface area contributed by atoms with Crippen LogP contribution in [0.1, 0.15) is 31.1 Å². The van der Waals surface area contributed by atoms with Gasteiger partial charge in [-0.1, -0.05) is 23.5 Å². The lowest BCUT2D eigenvalue weighted by Gasteiger charge is -2.26. The summed E-state index contributed by atoms with van der Waals surface area (Å²) in [5.41, 5.74) is 1.93. The highest BCUT2D eigenvalue weighted by atomic mass is 32.1. The van der Waals surface area contributed by atoms with E-state index in [1.807, 2.05) is 18.2 Å². The minimum absolute atomic E-state index is 0.203. The number of carbonyl (C=O) groups excluding carboxylic acids is 1. The molecule has 3 aromatic rings. The maximum absolute atomic E-state index is 13.5. The van der Waals surface area contributed by atoms with Crippen molar-refractivity contribution in [2.24, 2.45) is 4.99 Å². The number of carbonyl (C=O) groups is 1. The Kier molecular flexibility index (Phi) is 6.00. The molecule has 0 saturated heterocycles. The topological polar surface area (TPSA) is 94.9 Å². The maximum atomic E-state index is 13.5. The number of allylic oxidation sites excluding steroid dienone is 1. The molecule has 0 spiro atoms. The van der Waals surface area contributed by atoms with Crippen LogP contribution in [0.25, 0.3) is 6.08 Å². The summed E-state index contributed by atoms with van der Waals surface area (Å²) >= 11 is 1.26. The number of nitrogens with zero attached hydrogens (tertiary/aromatic N) is 2. The summed E-state index contributed by atoms with van der Waals surface area (Å²) in [6.45, 7) is 3.68. The Labute approximate surface area is 188 Å².